The number of aliphatic hydroxyl groups is 4. The summed E-state index contributed by atoms with van der Waals surface area (Å²) in [5.74, 6) is 0.252. The van der Waals surface area contributed by atoms with Gasteiger partial charge in [-0.25, -0.2) is 4.98 Å². The van der Waals surface area contributed by atoms with Crippen molar-refractivity contribution in [2.24, 2.45) is 0 Å². The van der Waals surface area contributed by atoms with Crippen molar-refractivity contribution in [3.05, 3.63) is 48.0 Å². The zero-order valence-corrected chi connectivity index (χ0v) is 11.9. The second kappa shape index (κ2) is 6.05. The number of anilines is 1. The average molecular weight is 305 g/mol. The number of aromatic nitrogens is 2. The monoisotopic (exact) mass is 305 g/mol. The first-order valence-electron chi connectivity index (χ1n) is 7.13. The molecule has 118 valence electrons. The van der Waals surface area contributed by atoms with E-state index in [0.717, 1.165) is 5.69 Å². The second-order valence-electron chi connectivity index (χ2n) is 5.39. The van der Waals surface area contributed by atoms with Crippen LogP contribution in [0.15, 0.2) is 36.5 Å². The van der Waals surface area contributed by atoms with Gasteiger partial charge in [0.2, 0.25) is 0 Å². The maximum atomic E-state index is 10.0. The van der Waals surface area contributed by atoms with Crippen LogP contribution < -0.4 is 5.32 Å². The Labute approximate surface area is 127 Å². The number of aliphatic hydroxyl groups excluding tert-OH is 4. The quantitative estimate of drug-likeness (QED) is 0.535. The molecule has 4 atom stereocenters. The number of nitrogens with zero attached hydrogens (tertiary/aromatic N) is 2. The predicted molar refractivity (Wildman–Crippen MR) is 79.1 cm³/mol. The third-order valence-electron chi connectivity index (χ3n) is 3.93. The molecule has 0 spiro atoms. The van der Waals surface area contributed by atoms with Crippen LogP contribution in [0.3, 0.4) is 0 Å². The highest BCUT2D eigenvalue weighted by Gasteiger charge is 2.41. The zero-order chi connectivity index (χ0) is 15.7. The van der Waals surface area contributed by atoms with Crippen LogP contribution in [0.5, 0.6) is 0 Å². The minimum absolute atomic E-state index is 0.252. The highest BCUT2D eigenvalue weighted by Crippen LogP contribution is 2.32. The molecule has 3 rings (SSSR count). The summed E-state index contributed by atoms with van der Waals surface area (Å²) in [7, 11) is 0. The molecule has 0 unspecified atom stereocenters. The Bertz CT molecular complexity index is 631. The van der Waals surface area contributed by atoms with E-state index in [0.29, 0.717) is 12.2 Å². The molecular weight excluding hydrogens is 286 g/mol. The summed E-state index contributed by atoms with van der Waals surface area (Å²) in [5.41, 5.74) is 1.59. The highest BCUT2D eigenvalue weighted by molar-refractivity contribution is 5.42. The normalized spacial score (nSPS) is 27.5. The van der Waals surface area contributed by atoms with E-state index in [1.54, 1.807) is 6.20 Å². The van der Waals surface area contributed by atoms with Crippen molar-refractivity contribution in [3.8, 4) is 0 Å². The Morgan fingerprint density at radius 2 is 1.82 bits per heavy atom. The Hall–Kier alpha value is -1.93. The number of hydrogen-bond acceptors (Lipinski definition) is 6. The molecule has 0 saturated carbocycles. The van der Waals surface area contributed by atoms with Crippen molar-refractivity contribution in [3.63, 3.8) is 0 Å². The first-order valence-corrected chi connectivity index (χ1v) is 7.13. The number of imidazole rings is 1. The molecule has 1 aromatic carbocycles. The molecule has 1 aromatic heterocycles. The maximum absolute atomic E-state index is 10.0. The van der Waals surface area contributed by atoms with Crippen LogP contribution in [0, 0.1) is 0 Å². The van der Waals surface area contributed by atoms with E-state index in [4.69, 9.17) is 0 Å². The minimum atomic E-state index is -1.36. The Kier molecular flexibility index (Phi) is 4.12. The van der Waals surface area contributed by atoms with Crippen molar-refractivity contribution in [1.82, 2.24) is 9.55 Å². The fourth-order valence-corrected chi connectivity index (χ4v) is 2.71. The van der Waals surface area contributed by atoms with E-state index in [1.807, 2.05) is 30.3 Å². The number of benzene rings is 1. The first kappa shape index (κ1) is 15.0. The summed E-state index contributed by atoms with van der Waals surface area (Å²) in [4.78, 5) is 4.30. The van der Waals surface area contributed by atoms with E-state index in [2.05, 4.69) is 10.3 Å². The van der Waals surface area contributed by atoms with Gasteiger partial charge in [-0.1, -0.05) is 18.2 Å². The van der Waals surface area contributed by atoms with Crippen molar-refractivity contribution >= 4 is 5.69 Å². The van der Waals surface area contributed by atoms with Gasteiger partial charge in [0.15, 0.2) is 0 Å². The van der Waals surface area contributed by atoms with E-state index >= 15 is 0 Å². The third-order valence-corrected chi connectivity index (χ3v) is 3.93. The van der Waals surface area contributed by atoms with E-state index in [-0.39, 0.29) is 12.4 Å². The third kappa shape index (κ3) is 2.59. The molecule has 5 N–H and O–H groups in total. The smallest absolute Gasteiger partial charge is 0.141 e. The molecule has 0 saturated heterocycles. The van der Waals surface area contributed by atoms with Crippen molar-refractivity contribution in [1.29, 1.82) is 0 Å². The van der Waals surface area contributed by atoms with Crippen molar-refractivity contribution < 1.29 is 20.4 Å². The minimum Gasteiger partial charge on any atom is -0.394 e. The Morgan fingerprint density at radius 1 is 1.09 bits per heavy atom. The van der Waals surface area contributed by atoms with Crippen LogP contribution in [-0.2, 0) is 6.54 Å². The Morgan fingerprint density at radius 3 is 2.50 bits per heavy atom. The van der Waals surface area contributed by atoms with Crippen LogP contribution in [0.25, 0.3) is 0 Å². The van der Waals surface area contributed by atoms with Crippen LogP contribution >= 0.6 is 0 Å². The predicted octanol–water partition coefficient (Wildman–Crippen LogP) is -0.203. The summed E-state index contributed by atoms with van der Waals surface area (Å²) in [6.45, 7) is 0.0843. The van der Waals surface area contributed by atoms with Crippen LogP contribution in [-0.4, -0.2) is 48.8 Å². The van der Waals surface area contributed by atoms with E-state index < -0.39 is 24.4 Å². The first-order chi connectivity index (χ1) is 10.6. The molecule has 0 fully saturated rings. The van der Waals surface area contributed by atoms with Crippen molar-refractivity contribution in [2.45, 2.75) is 30.9 Å². The van der Waals surface area contributed by atoms with Gasteiger partial charge in [-0.15, -0.1) is 0 Å². The van der Waals surface area contributed by atoms with Gasteiger partial charge in [-0.2, -0.15) is 0 Å². The summed E-state index contributed by atoms with van der Waals surface area (Å²) in [6, 6.07) is 8.89. The lowest BCUT2D eigenvalue weighted by Crippen LogP contribution is -2.46. The molecule has 0 aliphatic carbocycles. The number of rotatable bonds is 4. The van der Waals surface area contributed by atoms with Gasteiger partial charge in [0.05, 0.1) is 24.9 Å². The summed E-state index contributed by atoms with van der Waals surface area (Å²) >= 11 is 0. The molecule has 0 radical (unpaired) electrons. The van der Waals surface area contributed by atoms with Gasteiger partial charge in [-0.3, -0.25) is 0 Å². The summed E-state index contributed by atoms with van der Waals surface area (Å²) < 4.78 is 1.53. The largest absolute Gasteiger partial charge is 0.394 e. The molecule has 0 amide bonds. The standard InChI is InChI=1S/C15H19N3O4/c19-8-11-12(20)13(21)14(22)15-17-10(7-18(11)15)6-16-9-4-2-1-3-5-9/h1-5,7,11-14,16,19-22H,6,8H2/t11-,12-,13+,14-/m1/s1. The van der Waals surface area contributed by atoms with E-state index in [1.165, 1.54) is 4.57 Å². The van der Waals surface area contributed by atoms with Crippen LogP contribution in [0.4, 0.5) is 5.69 Å². The lowest BCUT2D eigenvalue weighted by Gasteiger charge is -2.35. The molecule has 7 heteroatoms. The maximum Gasteiger partial charge on any atom is 0.141 e. The SMILES string of the molecule is OC[C@@H]1[C@@H](O)[C@H](O)[C@@H](O)c2nc(CNc3ccccc3)cn21. The lowest BCUT2D eigenvalue weighted by molar-refractivity contribution is -0.108. The van der Waals surface area contributed by atoms with E-state index in [9.17, 15) is 20.4 Å². The highest BCUT2D eigenvalue weighted by atomic mass is 16.4. The molecule has 22 heavy (non-hydrogen) atoms. The van der Waals surface area contributed by atoms with Crippen molar-refractivity contribution in [2.75, 3.05) is 11.9 Å². The molecule has 2 aromatic rings. The topological polar surface area (TPSA) is 111 Å². The summed E-state index contributed by atoms with van der Waals surface area (Å²) in [6.07, 6.45) is -2.20. The molecule has 0 bridgehead atoms. The van der Waals surface area contributed by atoms with Gasteiger partial charge in [0.1, 0.15) is 24.1 Å². The van der Waals surface area contributed by atoms with Gasteiger partial charge in [0.25, 0.3) is 0 Å². The van der Waals surface area contributed by atoms with Gasteiger partial charge in [0, 0.05) is 11.9 Å². The van der Waals surface area contributed by atoms with Gasteiger partial charge < -0.3 is 30.3 Å². The molecule has 7 nitrogen and oxygen atoms in total. The molecular formula is C15H19N3O4. The average Bonchev–Trinajstić information content (AvgIpc) is 2.96. The fraction of sp³-hybridized carbons (Fsp3) is 0.400. The van der Waals surface area contributed by atoms with Gasteiger partial charge in [-0.05, 0) is 12.1 Å². The number of hydrogen-bond donors (Lipinski definition) is 5. The van der Waals surface area contributed by atoms with Gasteiger partial charge >= 0.3 is 0 Å². The van der Waals surface area contributed by atoms with Crippen LogP contribution in [0.2, 0.25) is 0 Å². The Balaban J connectivity index is 1.82. The zero-order valence-electron chi connectivity index (χ0n) is 11.9. The fourth-order valence-electron chi connectivity index (χ4n) is 2.71. The summed E-state index contributed by atoms with van der Waals surface area (Å²) in [5, 5.41) is 42.4. The number of para-hydroxylation sites is 1. The number of fused-ring (bicyclic) bond motifs is 1. The molecule has 1 aliphatic heterocycles. The lowest BCUT2D eigenvalue weighted by atomic mass is 9.96. The second-order valence-corrected chi connectivity index (χ2v) is 5.39. The molecule has 2 heterocycles. The van der Waals surface area contributed by atoms with Crippen LogP contribution in [0.1, 0.15) is 23.7 Å². The molecule has 1 aliphatic rings. The number of nitrogens with one attached hydrogen (secondary N) is 1.